The summed E-state index contributed by atoms with van der Waals surface area (Å²) in [5.74, 6) is 1.78. The van der Waals surface area contributed by atoms with Crippen molar-refractivity contribution in [2.75, 3.05) is 17.2 Å². The maximum absolute atomic E-state index is 6.35. The van der Waals surface area contributed by atoms with E-state index in [2.05, 4.69) is 72.4 Å². The Morgan fingerprint density at radius 2 is 1.70 bits per heavy atom. The summed E-state index contributed by atoms with van der Waals surface area (Å²) in [5, 5.41) is 5.37. The van der Waals surface area contributed by atoms with Crippen molar-refractivity contribution in [1.29, 1.82) is 0 Å². The first-order valence-electron chi connectivity index (χ1n) is 10.4. The zero-order chi connectivity index (χ0) is 20.8. The molecule has 6 nitrogen and oxygen atoms in total. The molecule has 6 heteroatoms. The predicted octanol–water partition coefficient (Wildman–Crippen LogP) is 4.30. The molecule has 2 N–H and O–H groups in total. The zero-order valence-corrected chi connectivity index (χ0v) is 17.6. The molecule has 3 heterocycles. The smallest absolute Gasteiger partial charge is 0.228 e. The summed E-state index contributed by atoms with van der Waals surface area (Å²) in [6.45, 7) is 6.08. The number of rotatable bonds is 3. The first kappa shape index (κ1) is 18.6. The second-order valence-electron chi connectivity index (χ2n) is 8.30. The molecule has 2 aromatic carbocycles. The Balaban J connectivity index is 1.63. The SMILES string of the molecule is CC(C)c1ccc(-c2nc(N3CCc4ccccc4C3)nc3nn(C)c(N)c23)cc1. The molecule has 0 unspecified atom stereocenters. The van der Waals surface area contributed by atoms with E-state index in [0.717, 1.165) is 36.2 Å². The molecule has 4 aromatic rings. The lowest BCUT2D eigenvalue weighted by molar-refractivity contribution is 0.709. The van der Waals surface area contributed by atoms with Crippen molar-refractivity contribution >= 4 is 22.8 Å². The fourth-order valence-corrected chi connectivity index (χ4v) is 4.15. The molecular formula is C24H26N6. The number of nitrogen functional groups attached to an aromatic ring is 1. The van der Waals surface area contributed by atoms with Crippen molar-refractivity contribution in [3.8, 4) is 11.3 Å². The average Bonchev–Trinajstić information content (AvgIpc) is 3.06. The molecule has 1 aliphatic heterocycles. The van der Waals surface area contributed by atoms with Crippen LogP contribution in [0, 0.1) is 0 Å². The van der Waals surface area contributed by atoms with Crippen molar-refractivity contribution in [1.82, 2.24) is 19.7 Å². The van der Waals surface area contributed by atoms with Crippen molar-refractivity contribution in [3.05, 3.63) is 65.2 Å². The largest absolute Gasteiger partial charge is 0.383 e. The van der Waals surface area contributed by atoms with Gasteiger partial charge in [0, 0.05) is 25.7 Å². The summed E-state index contributed by atoms with van der Waals surface area (Å²) in [7, 11) is 1.85. The molecular weight excluding hydrogens is 372 g/mol. The lowest BCUT2D eigenvalue weighted by Gasteiger charge is -2.29. The van der Waals surface area contributed by atoms with Crippen molar-refractivity contribution < 1.29 is 0 Å². The van der Waals surface area contributed by atoms with Crippen LogP contribution in [0.1, 0.15) is 36.5 Å². The Bertz CT molecular complexity index is 1220. The number of benzene rings is 2. The van der Waals surface area contributed by atoms with Crippen LogP contribution >= 0.6 is 0 Å². The molecule has 0 bridgehead atoms. The Labute approximate surface area is 176 Å². The van der Waals surface area contributed by atoms with Gasteiger partial charge < -0.3 is 10.6 Å². The first-order chi connectivity index (χ1) is 14.5. The highest BCUT2D eigenvalue weighted by Crippen LogP contribution is 2.33. The van der Waals surface area contributed by atoms with E-state index >= 15 is 0 Å². The van der Waals surface area contributed by atoms with E-state index in [9.17, 15) is 0 Å². The fraction of sp³-hybridized carbons (Fsp3) is 0.292. The number of hydrogen-bond donors (Lipinski definition) is 1. The Morgan fingerprint density at radius 3 is 2.43 bits per heavy atom. The van der Waals surface area contributed by atoms with E-state index in [0.29, 0.717) is 23.3 Å². The Kier molecular flexibility index (Phi) is 4.42. The number of nitrogens with two attached hydrogens (primary N) is 1. The van der Waals surface area contributed by atoms with E-state index in [4.69, 9.17) is 15.7 Å². The van der Waals surface area contributed by atoms with Crippen LogP contribution < -0.4 is 10.6 Å². The van der Waals surface area contributed by atoms with Gasteiger partial charge in [-0.2, -0.15) is 10.1 Å². The van der Waals surface area contributed by atoms with E-state index in [1.165, 1.54) is 16.7 Å². The van der Waals surface area contributed by atoms with Gasteiger partial charge in [0.1, 0.15) is 5.82 Å². The molecule has 2 aromatic heterocycles. The minimum atomic E-state index is 0.483. The highest BCUT2D eigenvalue weighted by Gasteiger charge is 2.23. The van der Waals surface area contributed by atoms with Crippen molar-refractivity contribution in [2.45, 2.75) is 32.7 Å². The molecule has 1 aliphatic rings. The van der Waals surface area contributed by atoms with Crippen LogP contribution in [0.2, 0.25) is 0 Å². The van der Waals surface area contributed by atoms with E-state index in [-0.39, 0.29) is 0 Å². The van der Waals surface area contributed by atoms with Gasteiger partial charge in [0.05, 0.1) is 11.1 Å². The number of anilines is 2. The summed E-state index contributed by atoms with van der Waals surface area (Å²) in [5.41, 5.74) is 12.9. The molecule has 0 spiro atoms. The van der Waals surface area contributed by atoms with Gasteiger partial charge in [0.15, 0.2) is 5.65 Å². The van der Waals surface area contributed by atoms with Gasteiger partial charge in [-0.15, -0.1) is 0 Å². The van der Waals surface area contributed by atoms with E-state index in [1.54, 1.807) is 4.68 Å². The average molecular weight is 399 g/mol. The van der Waals surface area contributed by atoms with Gasteiger partial charge in [0.25, 0.3) is 0 Å². The summed E-state index contributed by atoms with van der Waals surface area (Å²) < 4.78 is 1.68. The van der Waals surface area contributed by atoms with Crippen LogP contribution in [0.5, 0.6) is 0 Å². The third-order valence-corrected chi connectivity index (χ3v) is 5.99. The van der Waals surface area contributed by atoms with Crippen LogP contribution in [0.4, 0.5) is 11.8 Å². The minimum Gasteiger partial charge on any atom is -0.383 e. The Morgan fingerprint density at radius 1 is 0.967 bits per heavy atom. The number of aromatic nitrogens is 4. The third-order valence-electron chi connectivity index (χ3n) is 5.99. The molecule has 0 atom stereocenters. The van der Waals surface area contributed by atoms with E-state index in [1.807, 2.05) is 7.05 Å². The summed E-state index contributed by atoms with van der Waals surface area (Å²) in [6, 6.07) is 17.2. The Hall–Kier alpha value is -3.41. The topological polar surface area (TPSA) is 72.9 Å². The summed E-state index contributed by atoms with van der Waals surface area (Å²) in [4.78, 5) is 12.0. The lowest BCUT2D eigenvalue weighted by atomic mass is 9.99. The molecule has 0 aliphatic carbocycles. The van der Waals surface area contributed by atoms with E-state index < -0.39 is 0 Å². The number of aryl methyl sites for hydroxylation is 1. The number of nitrogens with zero attached hydrogens (tertiary/aromatic N) is 5. The maximum atomic E-state index is 6.35. The van der Waals surface area contributed by atoms with Crippen LogP contribution in [-0.2, 0) is 20.0 Å². The minimum absolute atomic E-state index is 0.483. The van der Waals surface area contributed by atoms with Gasteiger partial charge in [-0.3, -0.25) is 4.68 Å². The highest BCUT2D eigenvalue weighted by molar-refractivity contribution is 5.98. The molecule has 5 rings (SSSR count). The van der Waals surface area contributed by atoms with Crippen LogP contribution in [0.15, 0.2) is 48.5 Å². The van der Waals surface area contributed by atoms with Crippen LogP contribution in [-0.4, -0.2) is 26.3 Å². The first-order valence-corrected chi connectivity index (χ1v) is 10.4. The molecule has 0 fully saturated rings. The molecule has 0 radical (unpaired) electrons. The monoisotopic (exact) mass is 398 g/mol. The van der Waals surface area contributed by atoms with Crippen LogP contribution in [0.25, 0.3) is 22.3 Å². The van der Waals surface area contributed by atoms with Crippen LogP contribution in [0.3, 0.4) is 0 Å². The lowest BCUT2D eigenvalue weighted by Crippen LogP contribution is -2.31. The highest BCUT2D eigenvalue weighted by atomic mass is 15.3. The predicted molar refractivity (Wildman–Crippen MR) is 121 cm³/mol. The summed E-state index contributed by atoms with van der Waals surface area (Å²) >= 11 is 0. The molecule has 0 saturated heterocycles. The molecule has 0 saturated carbocycles. The number of hydrogen-bond acceptors (Lipinski definition) is 5. The van der Waals surface area contributed by atoms with Gasteiger partial charge in [-0.05, 0) is 29.0 Å². The second-order valence-corrected chi connectivity index (χ2v) is 8.30. The van der Waals surface area contributed by atoms with Crippen molar-refractivity contribution in [3.63, 3.8) is 0 Å². The quantitative estimate of drug-likeness (QED) is 0.557. The van der Waals surface area contributed by atoms with Gasteiger partial charge >= 0.3 is 0 Å². The number of fused-ring (bicyclic) bond motifs is 2. The summed E-state index contributed by atoms with van der Waals surface area (Å²) in [6.07, 6.45) is 0.986. The molecule has 152 valence electrons. The normalized spacial score (nSPS) is 13.8. The van der Waals surface area contributed by atoms with Crippen molar-refractivity contribution in [2.24, 2.45) is 7.05 Å². The second kappa shape index (κ2) is 7.13. The van der Waals surface area contributed by atoms with Gasteiger partial charge in [-0.1, -0.05) is 62.4 Å². The molecule has 30 heavy (non-hydrogen) atoms. The zero-order valence-electron chi connectivity index (χ0n) is 17.6. The molecule has 0 amide bonds. The van der Waals surface area contributed by atoms with Gasteiger partial charge in [0.2, 0.25) is 5.95 Å². The van der Waals surface area contributed by atoms with Gasteiger partial charge in [-0.25, -0.2) is 4.98 Å². The third kappa shape index (κ3) is 3.09. The standard InChI is InChI=1S/C24H26N6/c1-15(2)16-8-10-18(11-9-16)21-20-22(25)29(3)28-23(20)27-24(26-21)30-13-12-17-6-4-5-7-19(17)14-30/h4-11,15H,12-14,25H2,1-3H3. The fourth-order valence-electron chi connectivity index (χ4n) is 4.15. The maximum Gasteiger partial charge on any atom is 0.228 e.